The van der Waals surface area contributed by atoms with Crippen LogP contribution in [0.1, 0.15) is 24.2 Å². The number of aromatic nitrogens is 2. The average Bonchev–Trinajstić information content (AvgIpc) is 3.26. The van der Waals surface area contributed by atoms with E-state index in [0.717, 1.165) is 11.3 Å². The minimum Gasteiger partial charge on any atom is -0.327 e. The van der Waals surface area contributed by atoms with Crippen molar-refractivity contribution < 1.29 is 14.0 Å². The Balaban J connectivity index is 1.60. The van der Waals surface area contributed by atoms with Gasteiger partial charge in [-0.2, -0.15) is 5.10 Å². The van der Waals surface area contributed by atoms with Crippen LogP contribution in [0.3, 0.4) is 0 Å². The van der Waals surface area contributed by atoms with E-state index in [0.29, 0.717) is 11.5 Å². The smallest absolute Gasteiger partial charge is 0.254 e. The van der Waals surface area contributed by atoms with Crippen molar-refractivity contribution in [1.29, 1.82) is 0 Å². The van der Waals surface area contributed by atoms with Crippen LogP contribution < -0.4 is 5.32 Å². The fourth-order valence-corrected chi connectivity index (χ4v) is 3.60. The van der Waals surface area contributed by atoms with Gasteiger partial charge >= 0.3 is 0 Å². The fraction of sp³-hybridized carbons (Fsp3) is 0.148. The van der Waals surface area contributed by atoms with Crippen LogP contribution in [-0.4, -0.2) is 39.1 Å². The first-order valence-corrected chi connectivity index (χ1v) is 11.0. The summed E-state index contributed by atoms with van der Waals surface area (Å²) in [6.07, 6.45) is 0. The first-order valence-electron chi connectivity index (χ1n) is 11.0. The zero-order valence-electron chi connectivity index (χ0n) is 19.0. The summed E-state index contributed by atoms with van der Waals surface area (Å²) in [7, 11) is 0. The molecule has 0 radical (unpaired) electrons. The van der Waals surface area contributed by atoms with Crippen LogP contribution in [0.5, 0.6) is 0 Å². The molecule has 0 bridgehead atoms. The van der Waals surface area contributed by atoms with Gasteiger partial charge in [0.05, 0.1) is 11.4 Å². The van der Waals surface area contributed by atoms with Crippen LogP contribution in [0.2, 0.25) is 0 Å². The number of nitrogens with zero attached hydrogens (tertiary/aromatic N) is 3. The van der Waals surface area contributed by atoms with Gasteiger partial charge in [-0.15, -0.1) is 0 Å². The predicted molar refractivity (Wildman–Crippen MR) is 130 cm³/mol. The van der Waals surface area contributed by atoms with Crippen molar-refractivity contribution in [1.82, 2.24) is 14.7 Å². The average molecular weight is 457 g/mol. The van der Waals surface area contributed by atoms with Gasteiger partial charge in [0.25, 0.3) is 5.91 Å². The second-order valence-corrected chi connectivity index (χ2v) is 8.11. The highest BCUT2D eigenvalue weighted by Crippen LogP contribution is 2.25. The summed E-state index contributed by atoms with van der Waals surface area (Å²) in [5.74, 6) is -0.808. The van der Waals surface area contributed by atoms with E-state index in [4.69, 9.17) is 5.10 Å². The lowest BCUT2D eigenvalue weighted by atomic mass is 10.1. The second-order valence-electron chi connectivity index (χ2n) is 8.11. The molecule has 0 saturated heterocycles. The van der Waals surface area contributed by atoms with E-state index in [1.54, 1.807) is 10.7 Å². The lowest BCUT2D eigenvalue weighted by Crippen LogP contribution is -2.42. The Morgan fingerprint density at radius 2 is 1.62 bits per heavy atom. The molecule has 4 aromatic rings. The molecule has 0 saturated carbocycles. The van der Waals surface area contributed by atoms with E-state index < -0.39 is 11.7 Å². The highest BCUT2D eigenvalue weighted by atomic mass is 19.1. The molecule has 0 aliphatic heterocycles. The Bertz CT molecular complexity index is 1290. The van der Waals surface area contributed by atoms with Crippen LogP contribution in [0.4, 0.5) is 10.2 Å². The third-order valence-electron chi connectivity index (χ3n) is 5.32. The molecule has 0 fully saturated rings. The summed E-state index contributed by atoms with van der Waals surface area (Å²) in [6.45, 7) is 3.44. The minimum absolute atomic E-state index is 0.187. The summed E-state index contributed by atoms with van der Waals surface area (Å²) in [5.41, 5.74) is 2.60. The molecule has 7 heteroatoms. The number of halogens is 1. The molecule has 2 amide bonds. The molecular formula is C27H25FN4O2. The van der Waals surface area contributed by atoms with Crippen molar-refractivity contribution in [2.45, 2.75) is 19.9 Å². The van der Waals surface area contributed by atoms with E-state index in [2.05, 4.69) is 5.32 Å². The second kappa shape index (κ2) is 10.1. The summed E-state index contributed by atoms with van der Waals surface area (Å²) >= 11 is 0. The van der Waals surface area contributed by atoms with Crippen molar-refractivity contribution >= 4 is 17.6 Å². The lowest BCUT2D eigenvalue weighted by molar-refractivity contribution is -0.117. The van der Waals surface area contributed by atoms with Gasteiger partial charge in [0.2, 0.25) is 5.91 Å². The largest absolute Gasteiger partial charge is 0.327 e. The Morgan fingerprint density at radius 1 is 0.941 bits per heavy atom. The van der Waals surface area contributed by atoms with Crippen LogP contribution in [-0.2, 0) is 4.79 Å². The molecule has 34 heavy (non-hydrogen) atoms. The Kier molecular flexibility index (Phi) is 6.82. The monoisotopic (exact) mass is 456 g/mol. The van der Waals surface area contributed by atoms with Crippen LogP contribution in [0.25, 0.3) is 16.9 Å². The van der Waals surface area contributed by atoms with Crippen molar-refractivity contribution in [2.75, 3.05) is 11.9 Å². The molecule has 0 unspecified atom stereocenters. The van der Waals surface area contributed by atoms with Gasteiger partial charge in [-0.3, -0.25) is 9.59 Å². The summed E-state index contributed by atoms with van der Waals surface area (Å²) < 4.78 is 15.3. The summed E-state index contributed by atoms with van der Waals surface area (Å²) in [5, 5.41) is 7.59. The van der Waals surface area contributed by atoms with E-state index in [1.165, 1.54) is 29.2 Å². The maximum Gasteiger partial charge on any atom is 0.254 e. The SMILES string of the molecule is CC(C)N(CC(=O)Nc1cc(-c2ccccc2)nn1-c1ccccc1)C(=O)c1cccc(F)c1. The molecule has 0 aliphatic rings. The normalized spacial score (nSPS) is 10.8. The Hall–Kier alpha value is -4.26. The van der Waals surface area contributed by atoms with E-state index in [1.807, 2.05) is 74.5 Å². The molecule has 1 aromatic heterocycles. The van der Waals surface area contributed by atoms with Crippen molar-refractivity contribution in [3.8, 4) is 16.9 Å². The van der Waals surface area contributed by atoms with E-state index in [9.17, 15) is 14.0 Å². The van der Waals surface area contributed by atoms with Gasteiger partial charge in [0.1, 0.15) is 18.2 Å². The van der Waals surface area contributed by atoms with Gasteiger partial charge in [0.15, 0.2) is 0 Å². The number of amides is 2. The molecular weight excluding hydrogens is 431 g/mol. The Labute approximate surface area is 197 Å². The van der Waals surface area contributed by atoms with Crippen molar-refractivity contribution in [2.24, 2.45) is 0 Å². The van der Waals surface area contributed by atoms with Crippen LogP contribution in [0, 0.1) is 5.82 Å². The van der Waals surface area contributed by atoms with Crippen molar-refractivity contribution in [3.63, 3.8) is 0 Å². The number of benzene rings is 3. The van der Waals surface area contributed by atoms with Crippen molar-refractivity contribution in [3.05, 3.63) is 102 Å². The quantitative estimate of drug-likeness (QED) is 0.417. The summed E-state index contributed by atoms with van der Waals surface area (Å²) in [6, 6.07) is 26.1. The highest BCUT2D eigenvalue weighted by molar-refractivity contribution is 5.99. The van der Waals surface area contributed by atoms with Crippen LogP contribution in [0.15, 0.2) is 91.0 Å². The highest BCUT2D eigenvalue weighted by Gasteiger charge is 2.23. The third kappa shape index (κ3) is 5.20. The molecule has 4 rings (SSSR count). The number of para-hydroxylation sites is 1. The molecule has 172 valence electrons. The first-order chi connectivity index (χ1) is 16.4. The zero-order chi connectivity index (χ0) is 24.1. The van der Waals surface area contributed by atoms with Gasteiger partial charge < -0.3 is 10.2 Å². The fourth-order valence-electron chi connectivity index (χ4n) is 3.60. The number of hydrogen-bond acceptors (Lipinski definition) is 3. The predicted octanol–water partition coefficient (Wildman–Crippen LogP) is 5.17. The van der Waals surface area contributed by atoms with Gasteiger partial charge in [0, 0.05) is 23.2 Å². The van der Waals surface area contributed by atoms with Gasteiger partial charge in [-0.1, -0.05) is 54.6 Å². The molecule has 0 atom stereocenters. The number of carbonyl (C=O) groups is 2. The van der Waals surface area contributed by atoms with E-state index in [-0.39, 0.29) is 24.1 Å². The lowest BCUT2D eigenvalue weighted by Gasteiger charge is -2.26. The molecule has 3 aromatic carbocycles. The van der Waals surface area contributed by atoms with Crippen LogP contribution >= 0.6 is 0 Å². The minimum atomic E-state index is -0.501. The number of carbonyl (C=O) groups excluding carboxylic acids is 2. The first kappa shape index (κ1) is 22.9. The summed E-state index contributed by atoms with van der Waals surface area (Å²) in [4.78, 5) is 27.4. The zero-order valence-corrected chi connectivity index (χ0v) is 19.0. The topological polar surface area (TPSA) is 67.2 Å². The maximum atomic E-state index is 13.6. The number of nitrogens with one attached hydrogen (secondary N) is 1. The Morgan fingerprint density at radius 3 is 2.26 bits per heavy atom. The molecule has 1 heterocycles. The van der Waals surface area contributed by atoms with Gasteiger partial charge in [-0.05, 0) is 44.2 Å². The maximum absolute atomic E-state index is 13.6. The molecule has 0 spiro atoms. The standard InChI is InChI=1S/C27H25FN4O2/c1-19(2)31(27(34)21-12-9-13-22(28)16-21)18-26(33)29-25-17-24(20-10-5-3-6-11-20)30-32(25)23-14-7-4-8-15-23/h3-17,19H,18H2,1-2H3,(H,29,33). The number of rotatable bonds is 7. The number of anilines is 1. The number of hydrogen-bond donors (Lipinski definition) is 1. The molecule has 0 aliphatic carbocycles. The molecule has 1 N–H and O–H groups in total. The molecule has 6 nitrogen and oxygen atoms in total. The van der Waals surface area contributed by atoms with E-state index >= 15 is 0 Å². The van der Waals surface area contributed by atoms with Gasteiger partial charge in [-0.25, -0.2) is 9.07 Å². The third-order valence-corrected chi connectivity index (χ3v) is 5.32.